The molecule has 1 N–H and O–H groups in total. The van der Waals surface area contributed by atoms with E-state index in [0.717, 1.165) is 19.1 Å². The second kappa shape index (κ2) is 6.69. The minimum absolute atomic E-state index is 0.402. The Morgan fingerprint density at radius 3 is 2.29 bits per heavy atom. The summed E-state index contributed by atoms with van der Waals surface area (Å²) in [5, 5.41) is 9.14. The quantitative estimate of drug-likeness (QED) is 0.668. The molecular weight excluding hydrogens is 332 g/mol. The maximum atomic E-state index is 14.0. The van der Waals surface area contributed by atoms with Gasteiger partial charge in [0.25, 0.3) is 0 Å². The van der Waals surface area contributed by atoms with Crippen LogP contribution in [0.25, 0.3) is 0 Å². The van der Waals surface area contributed by atoms with Crippen molar-refractivity contribution in [3.05, 3.63) is 58.7 Å². The topological polar surface area (TPSA) is 63.6 Å². The normalized spacial score (nSPS) is 10.5. The van der Waals surface area contributed by atoms with Crippen molar-refractivity contribution in [2.45, 2.75) is 6.92 Å². The second-order valence-electron chi connectivity index (χ2n) is 4.79. The molecule has 0 spiro atoms. The van der Waals surface area contributed by atoms with E-state index in [1.165, 1.54) is 0 Å². The number of hydrogen-bond acceptors (Lipinski definition) is 4. The van der Waals surface area contributed by atoms with Crippen LogP contribution in [0.2, 0.25) is 0 Å². The van der Waals surface area contributed by atoms with Gasteiger partial charge in [0.05, 0.1) is 5.56 Å². The summed E-state index contributed by atoms with van der Waals surface area (Å²) < 4.78 is 58.3. The Morgan fingerprint density at radius 2 is 1.71 bits per heavy atom. The Labute approximate surface area is 133 Å². The molecule has 2 aromatic rings. The fraction of sp³-hybridized carbons (Fsp3) is 0.125. The molecule has 0 saturated carbocycles. The molecule has 0 amide bonds. The van der Waals surface area contributed by atoms with Crippen LogP contribution in [-0.2, 0) is 0 Å². The number of carbonyl (C=O) groups is 2. The van der Waals surface area contributed by atoms with Crippen molar-refractivity contribution in [2.24, 2.45) is 0 Å². The maximum absolute atomic E-state index is 14.0. The smallest absolute Gasteiger partial charge is 0.200 e. The summed E-state index contributed by atoms with van der Waals surface area (Å²) in [6, 6.07) is 2.91. The molecule has 2 rings (SSSR count). The Balaban J connectivity index is 2.21. The molecule has 24 heavy (non-hydrogen) atoms. The van der Waals surface area contributed by atoms with Crippen LogP contribution in [-0.4, -0.2) is 23.3 Å². The van der Waals surface area contributed by atoms with E-state index in [1.807, 2.05) is 0 Å². The average Bonchev–Trinajstić information content (AvgIpc) is 2.50. The Morgan fingerprint density at radius 1 is 1.04 bits per heavy atom. The van der Waals surface area contributed by atoms with E-state index < -0.39 is 64.1 Å². The van der Waals surface area contributed by atoms with Gasteiger partial charge < -0.3 is 9.84 Å². The monoisotopic (exact) mass is 342 g/mol. The molecule has 0 radical (unpaired) electrons. The standard InChI is InChI=1S/C16H10F4O4/c1-7(21)14-9(17)2-3-13(16(14)20)24-6-12(23)8-4-10(18)15(19)11(22)5-8/h2-5,22H,6H2,1H3. The van der Waals surface area contributed by atoms with E-state index in [4.69, 9.17) is 9.84 Å². The molecule has 0 aliphatic heterocycles. The van der Waals surface area contributed by atoms with Crippen LogP contribution in [0, 0.1) is 23.3 Å². The van der Waals surface area contributed by atoms with Crippen LogP contribution < -0.4 is 4.74 Å². The van der Waals surface area contributed by atoms with Gasteiger partial charge in [-0.2, -0.15) is 4.39 Å². The van der Waals surface area contributed by atoms with Crippen molar-refractivity contribution in [3.8, 4) is 11.5 Å². The van der Waals surface area contributed by atoms with Gasteiger partial charge in [-0.25, -0.2) is 13.2 Å². The van der Waals surface area contributed by atoms with Crippen molar-refractivity contribution in [1.82, 2.24) is 0 Å². The molecule has 0 heterocycles. The van der Waals surface area contributed by atoms with Crippen molar-refractivity contribution < 1.29 is 37.0 Å². The number of carbonyl (C=O) groups excluding carboxylic acids is 2. The van der Waals surface area contributed by atoms with E-state index in [2.05, 4.69) is 0 Å². The SMILES string of the molecule is CC(=O)c1c(F)ccc(OCC(=O)c2cc(O)c(F)c(F)c2)c1F. The van der Waals surface area contributed by atoms with E-state index in [-0.39, 0.29) is 0 Å². The summed E-state index contributed by atoms with van der Waals surface area (Å²) in [6.07, 6.45) is 0. The van der Waals surface area contributed by atoms with E-state index in [9.17, 15) is 27.2 Å². The van der Waals surface area contributed by atoms with Gasteiger partial charge in [-0.05, 0) is 31.2 Å². The molecule has 0 aromatic heterocycles. The summed E-state index contributed by atoms with van der Waals surface area (Å²) in [6.45, 7) is 0.158. The zero-order chi connectivity index (χ0) is 18.0. The van der Waals surface area contributed by atoms with Gasteiger partial charge in [-0.15, -0.1) is 0 Å². The number of ketones is 2. The molecule has 0 fully saturated rings. The lowest BCUT2D eigenvalue weighted by atomic mass is 10.1. The molecule has 126 valence electrons. The predicted octanol–water partition coefficient (Wildman–Crippen LogP) is 3.41. The van der Waals surface area contributed by atoms with Crippen LogP contribution in [0.1, 0.15) is 27.6 Å². The number of rotatable bonds is 5. The molecule has 0 aliphatic carbocycles. The highest BCUT2D eigenvalue weighted by atomic mass is 19.2. The average molecular weight is 342 g/mol. The second-order valence-corrected chi connectivity index (χ2v) is 4.79. The van der Waals surface area contributed by atoms with Crippen LogP contribution >= 0.6 is 0 Å². The van der Waals surface area contributed by atoms with Crippen molar-refractivity contribution >= 4 is 11.6 Å². The number of ether oxygens (including phenoxy) is 1. The number of halogens is 4. The lowest BCUT2D eigenvalue weighted by Crippen LogP contribution is -2.14. The van der Waals surface area contributed by atoms with E-state index >= 15 is 0 Å². The molecular formula is C16H10F4O4. The first-order chi connectivity index (χ1) is 11.2. The zero-order valence-electron chi connectivity index (χ0n) is 12.2. The summed E-state index contributed by atoms with van der Waals surface area (Å²) in [7, 11) is 0. The van der Waals surface area contributed by atoms with Crippen molar-refractivity contribution in [1.29, 1.82) is 0 Å². The number of benzene rings is 2. The first kappa shape index (κ1) is 17.5. The molecule has 0 bridgehead atoms. The fourth-order valence-electron chi connectivity index (χ4n) is 1.93. The predicted molar refractivity (Wildman–Crippen MR) is 74.2 cm³/mol. The van der Waals surface area contributed by atoms with Gasteiger partial charge in [-0.3, -0.25) is 9.59 Å². The fourth-order valence-corrected chi connectivity index (χ4v) is 1.93. The number of hydrogen-bond donors (Lipinski definition) is 1. The largest absolute Gasteiger partial charge is 0.505 e. The first-order valence-electron chi connectivity index (χ1n) is 6.55. The number of Topliss-reactive ketones (excluding diaryl/α,β-unsaturated/α-hetero) is 2. The van der Waals surface area contributed by atoms with Gasteiger partial charge in [0.2, 0.25) is 0 Å². The molecule has 0 saturated heterocycles. The minimum Gasteiger partial charge on any atom is -0.505 e. The molecule has 2 aromatic carbocycles. The Bertz CT molecular complexity index is 810. The minimum atomic E-state index is -1.51. The molecule has 0 unspecified atom stereocenters. The third-order valence-electron chi connectivity index (χ3n) is 3.10. The number of phenols is 1. The van der Waals surface area contributed by atoms with Crippen LogP contribution in [0.4, 0.5) is 17.6 Å². The van der Waals surface area contributed by atoms with Crippen LogP contribution in [0.5, 0.6) is 11.5 Å². The Hall–Kier alpha value is -2.90. The summed E-state index contributed by atoms with van der Waals surface area (Å²) >= 11 is 0. The molecule has 8 heteroatoms. The zero-order valence-corrected chi connectivity index (χ0v) is 12.2. The third-order valence-corrected chi connectivity index (χ3v) is 3.10. The summed E-state index contributed by atoms with van der Waals surface area (Å²) in [5.41, 5.74) is -1.22. The third kappa shape index (κ3) is 3.37. The molecule has 0 aliphatic rings. The molecule has 4 nitrogen and oxygen atoms in total. The van der Waals surface area contributed by atoms with Gasteiger partial charge >= 0.3 is 0 Å². The van der Waals surface area contributed by atoms with E-state index in [0.29, 0.717) is 12.1 Å². The van der Waals surface area contributed by atoms with Gasteiger partial charge in [-0.1, -0.05) is 0 Å². The van der Waals surface area contributed by atoms with Crippen LogP contribution in [0.3, 0.4) is 0 Å². The highest BCUT2D eigenvalue weighted by Gasteiger charge is 2.20. The highest BCUT2D eigenvalue weighted by Crippen LogP contribution is 2.25. The lowest BCUT2D eigenvalue weighted by molar-refractivity contribution is 0.0917. The van der Waals surface area contributed by atoms with Crippen molar-refractivity contribution in [3.63, 3.8) is 0 Å². The van der Waals surface area contributed by atoms with Crippen LogP contribution in [0.15, 0.2) is 24.3 Å². The number of aromatic hydroxyl groups is 1. The van der Waals surface area contributed by atoms with Gasteiger partial charge in [0.15, 0.2) is 47.1 Å². The Kier molecular flexibility index (Phi) is 4.87. The summed E-state index contributed by atoms with van der Waals surface area (Å²) in [5.74, 6) is -8.68. The maximum Gasteiger partial charge on any atom is 0.200 e. The highest BCUT2D eigenvalue weighted by molar-refractivity contribution is 5.98. The summed E-state index contributed by atoms with van der Waals surface area (Å²) in [4.78, 5) is 23.0. The first-order valence-corrected chi connectivity index (χ1v) is 6.55. The van der Waals surface area contributed by atoms with Crippen molar-refractivity contribution in [2.75, 3.05) is 6.61 Å². The lowest BCUT2D eigenvalue weighted by Gasteiger charge is -2.10. The number of phenolic OH excluding ortho intramolecular Hbond substituents is 1. The van der Waals surface area contributed by atoms with E-state index in [1.54, 1.807) is 0 Å². The molecule has 0 atom stereocenters. The van der Waals surface area contributed by atoms with Gasteiger partial charge in [0.1, 0.15) is 5.82 Å². The van der Waals surface area contributed by atoms with Gasteiger partial charge in [0, 0.05) is 5.56 Å².